The Kier molecular flexibility index (Phi) is 4.90. The summed E-state index contributed by atoms with van der Waals surface area (Å²) in [4.78, 5) is 26.8. The maximum atomic E-state index is 12.6. The van der Waals surface area contributed by atoms with Gasteiger partial charge in [0, 0.05) is 12.6 Å². The van der Waals surface area contributed by atoms with Crippen molar-refractivity contribution in [1.82, 2.24) is 24.7 Å². The fraction of sp³-hybridized carbons (Fsp3) is 0.600. The van der Waals surface area contributed by atoms with E-state index in [1.54, 1.807) is 6.07 Å². The Morgan fingerprint density at radius 2 is 2.13 bits per heavy atom. The molecule has 1 saturated carbocycles. The van der Waals surface area contributed by atoms with Crippen LogP contribution in [-0.4, -0.2) is 43.2 Å². The SMILES string of the molecule is CCN(C(=O)Cn1nnn(-c2cccs2)c1=O)C1CCCCC1. The van der Waals surface area contributed by atoms with Crippen molar-refractivity contribution in [1.29, 1.82) is 0 Å². The molecule has 7 nitrogen and oxygen atoms in total. The maximum absolute atomic E-state index is 12.6. The monoisotopic (exact) mass is 335 g/mol. The van der Waals surface area contributed by atoms with Crippen molar-refractivity contribution in [2.75, 3.05) is 6.54 Å². The van der Waals surface area contributed by atoms with Crippen LogP contribution in [0.25, 0.3) is 5.00 Å². The molecular formula is C15H21N5O2S. The van der Waals surface area contributed by atoms with E-state index in [0.29, 0.717) is 17.6 Å². The van der Waals surface area contributed by atoms with Crippen LogP contribution in [0.15, 0.2) is 22.3 Å². The summed E-state index contributed by atoms with van der Waals surface area (Å²) in [6.07, 6.45) is 5.69. The minimum Gasteiger partial charge on any atom is -0.338 e. The molecule has 0 aromatic carbocycles. The standard InChI is InChI=1S/C15H21N5O2S/c1-2-18(12-7-4-3-5-8-12)13(21)11-19-15(22)20(17-16-19)14-9-6-10-23-14/h6,9-10,12H,2-5,7-8,11H2,1H3. The third-order valence-corrected chi connectivity index (χ3v) is 5.16. The molecule has 1 fully saturated rings. The van der Waals surface area contributed by atoms with Crippen LogP contribution in [0.5, 0.6) is 0 Å². The summed E-state index contributed by atoms with van der Waals surface area (Å²) in [5.41, 5.74) is -0.375. The van der Waals surface area contributed by atoms with Gasteiger partial charge in [0.05, 0.1) is 0 Å². The van der Waals surface area contributed by atoms with Crippen LogP contribution >= 0.6 is 11.3 Å². The van der Waals surface area contributed by atoms with Crippen molar-refractivity contribution in [2.45, 2.75) is 51.6 Å². The molecule has 0 N–H and O–H groups in total. The predicted octanol–water partition coefficient (Wildman–Crippen LogP) is 1.67. The molecule has 0 radical (unpaired) electrons. The fourth-order valence-electron chi connectivity index (χ4n) is 3.15. The second-order valence-electron chi connectivity index (χ2n) is 5.75. The molecule has 1 aliphatic rings. The van der Waals surface area contributed by atoms with Crippen molar-refractivity contribution in [3.8, 4) is 5.00 Å². The Morgan fingerprint density at radius 3 is 2.78 bits per heavy atom. The number of thiophene rings is 1. The first kappa shape index (κ1) is 15.9. The van der Waals surface area contributed by atoms with E-state index in [4.69, 9.17) is 0 Å². The lowest BCUT2D eigenvalue weighted by atomic mass is 9.94. The van der Waals surface area contributed by atoms with Gasteiger partial charge in [0.15, 0.2) is 0 Å². The maximum Gasteiger partial charge on any atom is 0.369 e. The summed E-state index contributed by atoms with van der Waals surface area (Å²) in [6, 6.07) is 3.94. The van der Waals surface area contributed by atoms with Gasteiger partial charge < -0.3 is 4.90 Å². The molecule has 2 heterocycles. The van der Waals surface area contributed by atoms with Crippen LogP contribution in [0.2, 0.25) is 0 Å². The lowest BCUT2D eigenvalue weighted by molar-refractivity contribution is -0.134. The summed E-state index contributed by atoms with van der Waals surface area (Å²) >= 11 is 1.41. The molecule has 2 aromatic rings. The number of amides is 1. The minimum atomic E-state index is -0.375. The van der Waals surface area contributed by atoms with Crippen LogP contribution in [0.3, 0.4) is 0 Å². The average Bonchev–Trinajstić information content (AvgIpc) is 3.20. The van der Waals surface area contributed by atoms with E-state index < -0.39 is 0 Å². The molecule has 8 heteroatoms. The summed E-state index contributed by atoms with van der Waals surface area (Å²) < 4.78 is 2.38. The Bertz CT molecular complexity index is 700. The smallest absolute Gasteiger partial charge is 0.338 e. The van der Waals surface area contributed by atoms with Crippen LogP contribution in [0, 0.1) is 0 Å². The first-order chi connectivity index (χ1) is 11.2. The van der Waals surface area contributed by atoms with Crippen LogP contribution < -0.4 is 5.69 Å². The lowest BCUT2D eigenvalue weighted by Crippen LogP contribution is -2.44. The molecule has 0 unspecified atom stereocenters. The van der Waals surface area contributed by atoms with Crippen LogP contribution in [0.4, 0.5) is 0 Å². The van der Waals surface area contributed by atoms with Gasteiger partial charge in [-0.05, 0) is 47.7 Å². The first-order valence-electron chi connectivity index (χ1n) is 8.07. The highest BCUT2D eigenvalue weighted by atomic mass is 32.1. The molecule has 0 saturated heterocycles. The lowest BCUT2D eigenvalue weighted by Gasteiger charge is -2.33. The number of aromatic nitrogens is 4. The summed E-state index contributed by atoms with van der Waals surface area (Å²) in [5.74, 6) is -0.0558. The first-order valence-corrected chi connectivity index (χ1v) is 8.95. The zero-order chi connectivity index (χ0) is 16.2. The molecule has 0 spiro atoms. The van der Waals surface area contributed by atoms with Crippen molar-refractivity contribution >= 4 is 17.2 Å². The molecule has 0 bridgehead atoms. The second-order valence-corrected chi connectivity index (χ2v) is 6.68. The van der Waals surface area contributed by atoms with E-state index >= 15 is 0 Å². The Labute approximate surface area is 138 Å². The van der Waals surface area contributed by atoms with Gasteiger partial charge in [-0.25, -0.2) is 4.79 Å². The van der Waals surface area contributed by atoms with Gasteiger partial charge in [0.1, 0.15) is 11.5 Å². The second kappa shape index (κ2) is 7.08. The van der Waals surface area contributed by atoms with Crippen LogP contribution in [-0.2, 0) is 11.3 Å². The van der Waals surface area contributed by atoms with E-state index in [2.05, 4.69) is 10.4 Å². The summed E-state index contributed by atoms with van der Waals surface area (Å²) in [7, 11) is 0. The van der Waals surface area contributed by atoms with Crippen molar-refractivity contribution in [3.63, 3.8) is 0 Å². The van der Waals surface area contributed by atoms with E-state index in [9.17, 15) is 9.59 Å². The van der Waals surface area contributed by atoms with E-state index in [-0.39, 0.29) is 18.1 Å². The topological polar surface area (TPSA) is 73.0 Å². The number of carbonyl (C=O) groups excluding carboxylic acids is 1. The van der Waals surface area contributed by atoms with Gasteiger partial charge in [-0.15, -0.1) is 11.3 Å². The van der Waals surface area contributed by atoms with Crippen molar-refractivity contribution < 1.29 is 4.79 Å². The zero-order valence-electron chi connectivity index (χ0n) is 13.2. The number of rotatable bonds is 5. The normalized spacial score (nSPS) is 15.7. The molecule has 2 aromatic heterocycles. The molecule has 0 aliphatic heterocycles. The molecule has 0 atom stereocenters. The Hall–Kier alpha value is -1.96. The van der Waals surface area contributed by atoms with Gasteiger partial charge in [-0.2, -0.15) is 9.36 Å². The fourth-order valence-corrected chi connectivity index (χ4v) is 3.82. The highest BCUT2D eigenvalue weighted by Gasteiger charge is 2.25. The van der Waals surface area contributed by atoms with E-state index in [0.717, 1.165) is 17.5 Å². The highest BCUT2D eigenvalue weighted by Crippen LogP contribution is 2.22. The van der Waals surface area contributed by atoms with Gasteiger partial charge in [-0.1, -0.05) is 19.3 Å². The van der Waals surface area contributed by atoms with E-state index in [1.807, 2.05) is 23.3 Å². The minimum absolute atomic E-state index is 0.0471. The van der Waals surface area contributed by atoms with Crippen molar-refractivity contribution in [2.24, 2.45) is 0 Å². The largest absolute Gasteiger partial charge is 0.369 e. The molecule has 3 rings (SSSR count). The number of likely N-dealkylation sites (N-methyl/N-ethyl adjacent to an activating group) is 1. The molecule has 124 valence electrons. The number of hydrogen-bond donors (Lipinski definition) is 0. The van der Waals surface area contributed by atoms with Crippen LogP contribution in [0.1, 0.15) is 39.0 Å². The summed E-state index contributed by atoms with van der Waals surface area (Å²) in [5, 5.41) is 10.3. The molecule has 23 heavy (non-hydrogen) atoms. The Morgan fingerprint density at radius 1 is 1.35 bits per heavy atom. The highest BCUT2D eigenvalue weighted by molar-refractivity contribution is 7.12. The number of hydrogen-bond acceptors (Lipinski definition) is 5. The number of tetrazole rings is 1. The zero-order valence-corrected chi connectivity index (χ0v) is 14.0. The van der Waals surface area contributed by atoms with Gasteiger partial charge in [0.2, 0.25) is 5.91 Å². The van der Waals surface area contributed by atoms with Crippen molar-refractivity contribution in [3.05, 3.63) is 28.0 Å². The number of nitrogens with zero attached hydrogens (tertiary/aromatic N) is 5. The van der Waals surface area contributed by atoms with Gasteiger partial charge >= 0.3 is 5.69 Å². The predicted molar refractivity (Wildman–Crippen MR) is 87.8 cm³/mol. The third kappa shape index (κ3) is 3.36. The average molecular weight is 335 g/mol. The summed E-state index contributed by atoms with van der Waals surface area (Å²) in [6.45, 7) is 2.60. The Balaban J connectivity index is 1.73. The molecule has 1 aliphatic carbocycles. The van der Waals surface area contributed by atoms with E-state index in [1.165, 1.54) is 35.3 Å². The molecular weight excluding hydrogens is 314 g/mol. The molecule has 1 amide bonds. The third-order valence-electron chi connectivity index (χ3n) is 4.32. The van der Waals surface area contributed by atoms with Gasteiger partial charge in [0.25, 0.3) is 0 Å². The number of carbonyl (C=O) groups is 1. The van der Waals surface area contributed by atoms with Gasteiger partial charge in [-0.3, -0.25) is 4.79 Å². The quantitative estimate of drug-likeness (QED) is 0.833.